The highest BCUT2D eigenvalue weighted by Crippen LogP contribution is 2.24. The molecule has 1 saturated carbocycles. The van der Waals surface area contributed by atoms with E-state index in [1.165, 1.54) is 12.8 Å². The van der Waals surface area contributed by atoms with Gasteiger partial charge >= 0.3 is 0 Å². The Balaban J connectivity index is 2.53. The molecule has 3 N–H and O–H groups in total. The zero-order valence-corrected chi connectivity index (χ0v) is 11.8. The van der Waals surface area contributed by atoms with Crippen LogP contribution < -0.4 is 5.73 Å². The molecule has 0 aromatic carbocycles. The average Bonchev–Trinajstić information content (AvgIpc) is 2.29. The first-order valence-corrected chi connectivity index (χ1v) is 7.20. The zero-order chi connectivity index (χ0) is 12.9. The monoisotopic (exact) mass is 242 g/mol. The van der Waals surface area contributed by atoms with Gasteiger partial charge in [-0.3, -0.25) is 4.90 Å². The van der Waals surface area contributed by atoms with Gasteiger partial charge in [0.05, 0.1) is 5.60 Å². The van der Waals surface area contributed by atoms with Crippen LogP contribution in [-0.2, 0) is 0 Å². The second kappa shape index (κ2) is 6.72. The number of nitrogens with two attached hydrogens (primary N) is 1. The molecular formula is C14H30N2O. The van der Waals surface area contributed by atoms with E-state index in [2.05, 4.69) is 18.7 Å². The molecule has 0 bridgehead atoms. The Morgan fingerprint density at radius 3 is 2.29 bits per heavy atom. The minimum atomic E-state index is -0.547. The first-order valence-electron chi connectivity index (χ1n) is 7.20. The first kappa shape index (κ1) is 14.9. The fourth-order valence-corrected chi connectivity index (χ4v) is 2.69. The van der Waals surface area contributed by atoms with E-state index >= 15 is 0 Å². The summed E-state index contributed by atoms with van der Waals surface area (Å²) in [5.74, 6) is 0. The highest BCUT2D eigenvalue weighted by atomic mass is 16.3. The second-order valence-corrected chi connectivity index (χ2v) is 5.89. The van der Waals surface area contributed by atoms with Crippen LogP contribution in [0.2, 0.25) is 0 Å². The molecule has 1 unspecified atom stereocenters. The molecule has 1 aliphatic rings. The molecule has 1 fully saturated rings. The molecule has 0 aromatic heterocycles. The number of hydrogen-bond donors (Lipinski definition) is 2. The highest BCUT2D eigenvalue weighted by molar-refractivity contribution is 4.85. The molecule has 1 aliphatic carbocycles. The topological polar surface area (TPSA) is 49.5 Å². The van der Waals surface area contributed by atoms with Crippen molar-refractivity contribution in [3.63, 3.8) is 0 Å². The van der Waals surface area contributed by atoms with E-state index in [-0.39, 0.29) is 0 Å². The summed E-state index contributed by atoms with van der Waals surface area (Å²) in [6.07, 6.45) is 6.64. The number of nitrogens with zero attached hydrogens (tertiary/aromatic N) is 1. The molecule has 0 amide bonds. The molecule has 0 spiro atoms. The molecule has 0 aromatic rings. The molecule has 0 saturated heterocycles. The molecule has 102 valence electrons. The van der Waals surface area contributed by atoms with Crippen molar-refractivity contribution in [2.45, 2.75) is 77.0 Å². The lowest BCUT2D eigenvalue weighted by atomic mass is 9.89. The van der Waals surface area contributed by atoms with Gasteiger partial charge in [-0.25, -0.2) is 0 Å². The normalized spacial score (nSPS) is 29.3. The van der Waals surface area contributed by atoms with Gasteiger partial charge in [-0.2, -0.15) is 0 Å². The van der Waals surface area contributed by atoms with E-state index in [4.69, 9.17) is 5.73 Å². The molecule has 0 radical (unpaired) electrons. The van der Waals surface area contributed by atoms with Crippen LogP contribution >= 0.6 is 0 Å². The van der Waals surface area contributed by atoms with Gasteiger partial charge in [-0.1, -0.05) is 13.8 Å². The molecule has 1 atom stereocenters. The van der Waals surface area contributed by atoms with Crippen LogP contribution in [0.4, 0.5) is 0 Å². The first-order chi connectivity index (χ1) is 7.98. The van der Waals surface area contributed by atoms with Gasteiger partial charge in [-0.15, -0.1) is 0 Å². The maximum atomic E-state index is 10.2. The van der Waals surface area contributed by atoms with Crippen molar-refractivity contribution in [1.82, 2.24) is 4.90 Å². The second-order valence-electron chi connectivity index (χ2n) is 5.89. The predicted octanol–water partition coefficient (Wildman–Crippen LogP) is 2.13. The van der Waals surface area contributed by atoms with Crippen molar-refractivity contribution in [2.24, 2.45) is 5.73 Å². The van der Waals surface area contributed by atoms with E-state index in [1.807, 2.05) is 6.92 Å². The predicted molar refractivity (Wildman–Crippen MR) is 73.0 cm³/mol. The number of hydrogen-bond acceptors (Lipinski definition) is 3. The van der Waals surface area contributed by atoms with Gasteiger partial charge in [0, 0.05) is 18.6 Å². The summed E-state index contributed by atoms with van der Waals surface area (Å²) >= 11 is 0. The van der Waals surface area contributed by atoms with Crippen molar-refractivity contribution >= 4 is 0 Å². The average molecular weight is 242 g/mol. The summed E-state index contributed by atoms with van der Waals surface area (Å²) in [6, 6.07) is 1.04. The van der Waals surface area contributed by atoms with Gasteiger partial charge in [0.1, 0.15) is 0 Å². The maximum Gasteiger partial charge on any atom is 0.0743 e. The van der Waals surface area contributed by atoms with E-state index < -0.39 is 5.60 Å². The van der Waals surface area contributed by atoms with Crippen LogP contribution in [0.3, 0.4) is 0 Å². The summed E-state index contributed by atoms with van der Waals surface area (Å²) in [6.45, 7) is 8.11. The quantitative estimate of drug-likeness (QED) is 0.750. The summed E-state index contributed by atoms with van der Waals surface area (Å²) in [7, 11) is 0. The lowest BCUT2D eigenvalue weighted by Crippen LogP contribution is -2.48. The van der Waals surface area contributed by atoms with E-state index in [0.717, 1.165) is 38.8 Å². The van der Waals surface area contributed by atoms with Crippen LogP contribution in [0.1, 0.15) is 59.3 Å². The number of aliphatic hydroxyl groups is 1. The summed E-state index contributed by atoms with van der Waals surface area (Å²) < 4.78 is 0. The maximum absolute atomic E-state index is 10.2. The van der Waals surface area contributed by atoms with Crippen molar-refractivity contribution < 1.29 is 5.11 Å². The molecular weight excluding hydrogens is 212 g/mol. The van der Waals surface area contributed by atoms with Gasteiger partial charge in [0.25, 0.3) is 0 Å². The Morgan fingerprint density at radius 2 is 1.82 bits per heavy atom. The van der Waals surface area contributed by atoms with Crippen LogP contribution in [0, 0.1) is 0 Å². The van der Waals surface area contributed by atoms with Crippen LogP contribution in [0.25, 0.3) is 0 Å². The van der Waals surface area contributed by atoms with Crippen LogP contribution in [-0.4, -0.2) is 40.8 Å². The number of rotatable bonds is 6. The minimum absolute atomic E-state index is 0.404. The SMILES string of the molecule is CCCN(CC(C)(O)CC)C1CCC(N)CC1. The Kier molecular flexibility index (Phi) is 5.90. The standard InChI is InChI=1S/C14H30N2O/c1-4-10-16(11-14(3,17)5-2)13-8-6-12(15)7-9-13/h12-13,17H,4-11,15H2,1-3H3. The fourth-order valence-electron chi connectivity index (χ4n) is 2.69. The van der Waals surface area contributed by atoms with Crippen LogP contribution in [0.5, 0.6) is 0 Å². The molecule has 1 rings (SSSR count). The zero-order valence-electron chi connectivity index (χ0n) is 11.8. The van der Waals surface area contributed by atoms with E-state index in [9.17, 15) is 5.11 Å². The van der Waals surface area contributed by atoms with Crippen molar-refractivity contribution in [1.29, 1.82) is 0 Å². The lowest BCUT2D eigenvalue weighted by Gasteiger charge is -2.39. The van der Waals surface area contributed by atoms with Crippen molar-refractivity contribution in [2.75, 3.05) is 13.1 Å². The third-order valence-electron chi connectivity index (χ3n) is 4.07. The van der Waals surface area contributed by atoms with Crippen molar-refractivity contribution in [3.05, 3.63) is 0 Å². The third kappa shape index (κ3) is 4.94. The van der Waals surface area contributed by atoms with E-state index in [0.29, 0.717) is 12.1 Å². The Hall–Kier alpha value is -0.120. The van der Waals surface area contributed by atoms with Crippen molar-refractivity contribution in [3.8, 4) is 0 Å². The van der Waals surface area contributed by atoms with Gasteiger partial charge in [0.15, 0.2) is 0 Å². The highest BCUT2D eigenvalue weighted by Gasteiger charge is 2.28. The van der Waals surface area contributed by atoms with Gasteiger partial charge in [-0.05, 0) is 52.0 Å². The Labute approximate surface area is 106 Å². The van der Waals surface area contributed by atoms with Gasteiger partial charge < -0.3 is 10.8 Å². The summed E-state index contributed by atoms with van der Waals surface area (Å²) in [5.41, 5.74) is 5.41. The molecule has 3 heteroatoms. The smallest absolute Gasteiger partial charge is 0.0743 e. The van der Waals surface area contributed by atoms with Gasteiger partial charge in [0.2, 0.25) is 0 Å². The summed E-state index contributed by atoms with van der Waals surface area (Å²) in [4.78, 5) is 2.48. The largest absolute Gasteiger partial charge is 0.389 e. The molecule has 17 heavy (non-hydrogen) atoms. The Morgan fingerprint density at radius 1 is 1.24 bits per heavy atom. The molecule has 0 heterocycles. The van der Waals surface area contributed by atoms with E-state index in [1.54, 1.807) is 0 Å². The van der Waals surface area contributed by atoms with Crippen LogP contribution in [0.15, 0.2) is 0 Å². The third-order valence-corrected chi connectivity index (χ3v) is 4.07. The molecule has 3 nitrogen and oxygen atoms in total. The fraction of sp³-hybridized carbons (Fsp3) is 1.00. The lowest BCUT2D eigenvalue weighted by molar-refractivity contribution is -0.00346. The Bertz CT molecular complexity index is 210. The minimum Gasteiger partial charge on any atom is -0.389 e. The molecule has 0 aliphatic heterocycles. The summed E-state index contributed by atoms with van der Waals surface area (Å²) in [5, 5.41) is 10.2.